The smallest absolute Gasteiger partial charge is 0.156 e. The summed E-state index contributed by atoms with van der Waals surface area (Å²) in [4.78, 5) is 9.04. The van der Waals surface area contributed by atoms with Gasteiger partial charge in [-0.2, -0.15) is 0 Å². The highest BCUT2D eigenvalue weighted by molar-refractivity contribution is 9.10. The second-order valence-corrected chi connectivity index (χ2v) is 6.14. The lowest BCUT2D eigenvalue weighted by molar-refractivity contribution is 0.215. The Morgan fingerprint density at radius 1 is 1.48 bits per heavy atom. The first-order chi connectivity index (χ1) is 10.1. The molecule has 0 aromatic carbocycles. The van der Waals surface area contributed by atoms with E-state index >= 15 is 0 Å². The number of halogens is 1. The van der Waals surface area contributed by atoms with Crippen molar-refractivity contribution >= 4 is 27.6 Å². The number of amidine groups is 1. The number of anilines is 1. The number of hydrogen-bond donors (Lipinski definition) is 2. The molecular weight excluding hydrogens is 334 g/mol. The summed E-state index contributed by atoms with van der Waals surface area (Å²) in [5.74, 6) is 1.28. The Bertz CT molecular complexity index is 514. The lowest BCUT2D eigenvalue weighted by atomic mass is 10.1. The maximum Gasteiger partial charge on any atom is 0.156 e. The molecule has 1 aliphatic heterocycles. The Kier molecular flexibility index (Phi) is 5.41. The van der Waals surface area contributed by atoms with Crippen molar-refractivity contribution in [3.05, 3.63) is 22.3 Å². The van der Waals surface area contributed by atoms with Crippen molar-refractivity contribution in [1.82, 2.24) is 9.88 Å². The van der Waals surface area contributed by atoms with Crippen LogP contribution >= 0.6 is 15.9 Å². The van der Waals surface area contributed by atoms with Crippen molar-refractivity contribution in [2.45, 2.75) is 26.3 Å². The van der Waals surface area contributed by atoms with E-state index in [-0.39, 0.29) is 6.04 Å². The van der Waals surface area contributed by atoms with Crippen LogP contribution in [-0.2, 0) is 0 Å². The summed E-state index contributed by atoms with van der Waals surface area (Å²) in [7, 11) is 0. The fourth-order valence-electron chi connectivity index (χ4n) is 2.73. The maximum atomic E-state index is 8.87. The van der Waals surface area contributed by atoms with Crippen LogP contribution in [-0.4, -0.2) is 53.1 Å². The Labute approximate surface area is 133 Å². The van der Waals surface area contributed by atoms with Gasteiger partial charge in [0.05, 0.1) is 10.5 Å². The Hall–Kier alpha value is -1.34. The van der Waals surface area contributed by atoms with Crippen LogP contribution < -0.4 is 10.6 Å². The van der Waals surface area contributed by atoms with E-state index < -0.39 is 0 Å². The number of oxime groups is 1. The van der Waals surface area contributed by atoms with Gasteiger partial charge >= 0.3 is 0 Å². The fraction of sp³-hybridized carbons (Fsp3) is 0.571. The quantitative estimate of drug-likeness (QED) is 0.372. The predicted molar refractivity (Wildman–Crippen MR) is 87.9 cm³/mol. The van der Waals surface area contributed by atoms with E-state index in [1.165, 1.54) is 0 Å². The minimum absolute atomic E-state index is 0.00608. The third-order valence-electron chi connectivity index (χ3n) is 3.86. The second kappa shape index (κ2) is 7.09. The van der Waals surface area contributed by atoms with Crippen molar-refractivity contribution < 1.29 is 5.21 Å². The molecule has 0 saturated carbocycles. The highest BCUT2D eigenvalue weighted by atomic mass is 79.9. The summed E-state index contributed by atoms with van der Waals surface area (Å²) in [6.45, 7) is 7.58. The van der Waals surface area contributed by atoms with Crippen molar-refractivity contribution in [1.29, 1.82) is 0 Å². The van der Waals surface area contributed by atoms with Gasteiger partial charge in [-0.15, -0.1) is 0 Å². The highest BCUT2D eigenvalue weighted by Gasteiger charge is 2.26. The van der Waals surface area contributed by atoms with Crippen molar-refractivity contribution in [3.63, 3.8) is 0 Å². The Balaban J connectivity index is 2.03. The molecule has 21 heavy (non-hydrogen) atoms. The molecular formula is C14H22BrN5O. The van der Waals surface area contributed by atoms with E-state index in [1.807, 2.05) is 20.0 Å². The Morgan fingerprint density at radius 2 is 2.14 bits per heavy atom. The third kappa shape index (κ3) is 3.65. The molecule has 2 heterocycles. The van der Waals surface area contributed by atoms with Crippen molar-refractivity contribution in [3.8, 4) is 0 Å². The summed E-state index contributed by atoms with van der Waals surface area (Å²) in [5, 5.41) is 12.0. The maximum absolute atomic E-state index is 8.87. The van der Waals surface area contributed by atoms with Gasteiger partial charge in [0.15, 0.2) is 5.84 Å². The molecule has 1 fully saturated rings. The van der Waals surface area contributed by atoms with Crippen LogP contribution in [0.15, 0.2) is 21.9 Å². The van der Waals surface area contributed by atoms with Gasteiger partial charge in [0.2, 0.25) is 0 Å². The fourth-order valence-corrected chi connectivity index (χ4v) is 3.44. The molecule has 6 nitrogen and oxygen atoms in total. The molecule has 1 aliphatic rings. The molecule has 1 saturated heterocycles. The van der Waals surface area contributed by atoms with Gasteiger partial charge in [-0.3, -0.25) is 4.90 Å². The molecule has 0 bridgehead atoms. The van der Waals surface area contributed by atoms with Gasteiger partial charge in [0.1, 0.15) is 5.82 Å². The van der Waals surface area contributed by atoms with Crippen LogP contribution in [0.3, 0.4) is 0 Å². The lowest BCUT2D eigenvalue weighted by Gasteiger charge is -2.39. The minimum Gasteiger partial charge on any atom is -0.409 e. The molecule has 116 valence electrons. The Morgan fingerprint density at radius 3 is 2.67 bits per heavy atom. The molecule has 1 unspecified atom stereocenters. The molecule has 0 radical (unpaired) electrons. The molecule has 3 N–H and O–H groups in total. The van der Waals surface area contributed by atoms with E-state index in [0.29, 0.717) is 5.84 Å². The molecule has 1 atom stereocenters. The second-order valence-electron chi connectivity index (χ2n) is 5.29. The largest absolute Gasteiger partial charge is 0.409 e. The highest BCUT2D eigenvalue weighted by Crippen LogP contribution is 2.25. The molecule has 1 aromatic rings. The van der Waals surface area contributed by atoms with Crippen LogP contribution in [0.25, 0.3) is 0 Å². The summed E-state index contributed by atoms with van der Waals surface area (Å²) in [6, 6.07) is 2.09. The first-order valence-electron chi connectivity index (χ1n) is 7.15. The summed E-state index contributed by atoms with van der Waals surface area (Å²) in [5.41, 5.74) is 6.91. The normalized spacial score (nSPS) is 18.8. The van der Waals surface area contributed by atoms with Gasteiger partial charge in [-0.05, 0) is 40.9 Å². The van der Waals surface area contributed by atoms with Crippen LogP contribution in [0.2, 0.25) is 0 Å². The number of hydrogen-bond acceptors (Lipinski definition) is 5. The first-order valence-corrected chi connectivity index (χ1v) is 7.94. The molecule has 7 heteroatoms. The molecule has 1 aromatic heterocycles. The van der Waals surface area contributed by atoms with Crippen LogP contribution in [0, 0.1) is 6.92 Å². The van der Waals surface area contributed by atoms with E-state index in [4.69, 9.17) is 10.9 Å². The van der Waals surface area contributed by atoms with Crippen molar-refractivity contribution in [2.75, 3.05) is 31.1 Å². The number of aromatic nitrogens is 1. The van der Waals surface area contributed by atoms with E-state index in [2.05, 4.69) is 41.9 Å². The summed E-state index contributed by atoms with van der Waals surface area (Å²) in [6.07, 6.45) is 2.72. The monoisotopic (exact) mass is 355 g/mol. The zero-order valence-corrected chi connectivity index (χ0v) is 14.0. The lowest BCUT2D eigenvalue weighted by Crippen LogP contribution is -2.54. The van der Waals surface area contributed by atoms with Crippen LogP contribution in [0.4, 0.5) is 5.82 Å². The number of rotatable bonds is 4. The van der Waals surface area contributed by atoms with Crippen LogP contribution in [0.1, 0.15) is 18.9 Å². The number of piperazine rings is 1. The van der Waals surface area contributed by atoms with E-state index in [9.17, 15) is 0 Å². The molecule has 2 rings (SSSR count). The number of nitrogens with two attached hydrogens (primary N) is 1. The number of pyridine rings is 1. The SMILES string of the molecule is CCC(C(N)=NO)N1CCN(c2ncc(C)cc2Br)CC1. The number of aryl methyl sites for hydroxylation is 1. The third-order valence-corrected chi connectivity index (χ3v) is 4.44. The van der Waals surface area contributed by atoms with Gasteiger partial charge in [-0.1, -0.05) is 12.1 Å². The van der Waals surface area contributed by atoms with E-state index in [0.717, 1.165) is 48.5 Å². The molecule has 0 aliphatic carbocycles. The topological polar surface area (TPSA) is 78.0 Å². The zero-order valence-electron chi connectivity index (χ0n) is 12.5. The summed E-state index contributed by atoms with van der Waals surface area (Å²) < 4.78 is 1.03. The average molecular weight is 356 g/mol. The van der Waals surface area contributed by atoms with Gasteiger partial charge < -0.3 is 15.8 Å². The van der Waals surface area contributed by atoms with Crippen LogP contribution in [0.5, 0.6) is 0 Å². The van der Waals surface area contributed by atoms with Gasteiger partial charge in [0, 0.05) is 32.4 Å². The zero-order chi connectivity index (χ0) is 15.4. The summed E-state index contributed by atoms with van der Waals surface area (Å²) >= 11 is 3.58. The van der Waals surface area contributed by atoms with Gasteiger partial charge in [0.25, 0.3) is 0 Å². The van der Waals surface area contributed by atoms with Crippen molar-refractivity contribution in [2.24, 2.45) is 10.9 Å². The molecule has 0 amide bonds. The van der Waals surface area contributed by atoms with Gasteiger partial charge in [-0.25, -0.2) is 4.98 Å². The van der Waals surface area contributed by atoms with E-state index in [1.54, 1.807) is 0 Å². The standard InChI is InChI=1S/C14H22BrN5O/c1-3-12(13(16)18-21)19-4-6-20(7-5-19)14-11(15)8-10(2)9-17-14/h8-9,12,21H,3-7H2,1-2H3,(H2,16,18). The average Bonchev–Trinajstić information content (AvgIpc) is 2.49. The first kappa shape index (κ1) is 16.0. The minimum atomic E-state index is 0.00608. The number of nitrogens with zero attached hydrogens (tertiary/aromatic N) is 4. The predicted octanol–water partition coefficient (Wildman–Crippen LogP) is 1.80. The molecule has 0 spiro atoms.